The lowest BCUT2D eigenvalue weighted by Gasteiger charge is -2.46. The molecule has 2 rings (SSSR count). The van der Waals surface area contributed by atoms with Gasteiger partial charge >= 0.3 is 0 Å². The van der Waals surface area contributed by atoms with Crippen molar-refractivity contribution in [3.05, 3.63) is 48.6 Å². The summed E-state index contributed by atoms with van der Waals surface area (Å²) in [6.07, 6.45) is 53.1. The Morgan fingerprint density at radius 1 is 0.422 bits per heavy atom. The third kappa shape index (κ3) is 38.8. The Balaban J connectivity index is 1.72. The highest BCUT2D eigenvalue weighted by molar-refractivity contribution is 5.76. The average molecular weight is 1180 g/mol. The molecule has 0 aromatic heterocycles. The van der Waals surface area contributed by atoms with Crippen molar-refractivity contribution in [3.8, 4) is 0 Å². The second-order valence-corrected chi connectivity index (χ2v) is 24.3. The van der Waals surface area contributed by atoms with Gasteiger partial charge in [-0.2, -0.15) is 0 Å². The molecule has 0 radical (unpaired) electrons. The first kappa shape index (κ1) is 77.0. The van der Waals surface area contributed by atoms with Crippen LogP contribution in [0, 0.1) is 0 Å². The molecule has 2 saturated heterocycles. The van der Waals surface area contributed by atoms with Crippen molar-refractivity contribution in [1.82, 2.24) is 5.32 Å². The van der Waals surface area contributed by atoms with Crippen LogP contribution >= 0.6 is 0 Å². The Bertz CT molecular complexity index is 1580. The number of rotatable bonds is 56. The van der Waals surface area contributed by atoms with Crippen LogP contribution in [0.15, 0.2) is 48.6 Å². The van der Waals surface area contributed by atoms with Gasteiger partial charge in [-0.25, -0.2) is 0 Å². The Kier molecular flexibility index (Phi) is 50.2. The second-order valence-electron chi connectivity index (χ2n) is 24.3. The maximum Gasteiger partial charge on any atom is 0.220 e. The van der Waals surface area contributed by atoms with E-state index in [4.69, 9.17) is 18.9 Å². The number of aliphatic hydroxyl groups is 8. The molecule has 9 N–H and O–H groups in total. The number of hydrogen-bond donors (Lipinski definition) is 9. The lowest BCUT2D eigenvalue weighted by molar-refractivity contribution is -0.359. The molecule has 14 nitrogen and oxygen atoms in total. The summed E-state index contributed by atoms with van der Waals surface area (Å²) in [5, 5.41) is 87.3. The molecule has 2 fully saturated rings. The SMILES string of the molecule is CCCCCCCCCC/C=C\CCCCCCCCCCCC(=O)NC(COC1OC(CO)C(OC2OC(CO)C(O)C(O)C2O)C(O)C1O)C(O)/C=C/CC/C=C/CC/C=C/CCCCCCCCCCCCCCCCCCCC. The molecule has 12 unspecified atom stereocenters. The van der Waals surface area contributed by atoms with E-state index in [9.17, 15) is 45.6 Å². The number of unbranched alkanes of at least 4 members (excludes halogenated alkanes) is 37. The molecule has 0 aliphatic carbocycles. The number of aliphatic hydroxyl groups excluding tert-OH is 8. The number of carbonyl (C=O) groups is 1. The first-order valence-corrected chi connectivity index (χ1v) is 34.4. The zero-order valence-corrected chi connectivity index (χ0v) is 52.7. The van der Waals surface area contributed by atoms with E-state index in [-0.39, 0.29) is 18.9 Å². The summed E-state index contributed by atoms with van der Waals surface area (Å²) in [6, 6.07) is -0.941. The van der Waals surface area contributed by atoms with Crippen LogP contribution in [0.3, 0.4) is 0 Å². The van der Waals surface area contributed by atoms with Crippen LogP contribution in [-0.4, -0.2) is 140 Å². The van der Waals surface area contributed by atoms with Gasteiger partial charge in [0, 0.05) is 6.42 Å². The van der Waals surface area contributed by atoms with Crippen LogP contribution in [0.4, 0.5) is 0 Å². The molecule has 2 heterocycles. The Morgan fingerprint density at radius 2 is 0.771 bits per heavy atom. The molecular formula is C69H127NO13. The summed E-state index contributed by atoms with van der Waals surface area (Å²) in [7, 11) is 0. The summed E-state index contributed by atoms with van der Waals surface area (Å²) in [5.41, 5.74) is 0. The van der Waals surface area contributed by atoms with Gasteiger partial charge in [0.05, 0.1) is 32.0 Å². The third-order valence-electron chi connectivity index (χ3n) is 16.7. The molecule has 2 aliphatic rings. The molecule has 1 amide bonds. The minimum Gasteiger partial charge on any atom is -0.394 e. The zero-order chi connectivity index (χ0) is 60.2. The quantitative estimate of drug-likeness (QED) is 0.0204. The van der Waals surface area contributed by atoms with Gasteiger partial charge in [0.2, 0.25) is 5.91 Å². The highest BCUT2D eigenvalue weighted by Gasteiger charge is 2.51. The third-order valence-corrected chi connectivity index (χ3v) is 16.7. The van der Waals surface area contributed by atoms with Gasteiger partial charge in [-0.05, 0) is 70.6 Å². The van der Waals surface area contributed by atoms with Crippen molar-refractivity contribution in [2.75, 3.05) is 19.8 Å². The first-order chi connectivity index (χ1) is 40.6. The highest BCUT2D eigenvalue weighted by Crippen LogP contribution is 2.30. The Labute approximate surface area is 505 Å². The molecule has 83 heavy (non-hydrogen) atoms. The van der Waals surface area contributed by atoms with Crippen LogP contribution in [0.25, 0.3) is 0 Å². The summed E-state index contributed by atoms with van der Waals surface area (Å²) in [4.78, 5) is 13.3. The van der Waals surface area contributed by atoms with Crippen molar-refractivity contribution >= 4 is 5.91 Å². The normalized spacial score (nSPS) is 24.1. The van der Waals surface area contributed by atoms with E-state index in [1.807, 2.05) is 6.08 Å². The van der Waals surface area contributed by atoms with Crippen LogP contribution in [0.5, 0.6) is 0 Å². The number of hydrogen-bond acceptors (Lipinski definition) is 13. The molecule has 0 bridgehead atoms. The predicted octanol–water partition coefficient (Wildman–Crippen LogP) is 13.5. The van der Waals surface area contributed by atoms with Crippen LogP contribution in [0.1, 0.15) is 290 Å². The molecule has 2 aliphatic heterocycles. The van der Waals surface area contributed by atoms with Gasteiger partial charge in [0.25, 0.3) is 0 Å². The number of carbonyl (C=O) groups excluding carboxylic acids is 1. The van der Waals surface area contributed by atoms with Gasteiger partial charge in [0.1, 0.15) is 48.8 Å². The molecule has 0 aromatic rings. The van der Waals surface area contributed by atoms with E-state index in [0.717, 1.165) is 44.9 Å². The fourth-order valence-electron chi connectivity index (χ4n) is 11.2. The van der Waals surface area contributed by atoms with Crippen molar-refractivity contribution in [1.29, 1.82) is 0 Å². The van der Waals surface area contributed by atoms with E-state index in [0.29, 0.717) is 12.8 Å². The van der Waals surface area contributed by atoms with Gasteiger partial charge in [0.15, 0.2) is 12.6 Å². The monoisotopic (exact) mass is 1180 g/mol. The average Bonchev–Trinajstić information content (AvgIpc) is 3.59. The fourth-order valence-corrected chi connectivity index (χ4v) is 11.2. The number of ether oxygens (including phenoxy) is 4. The lowest BCUT2D eigenvalue weighted by atomic mass is 9.97. The second kappa shape index (κ2) is 54.1. The molecule has 14 heteroatoms. The molecule has 0 saturated carbocycles. The number of nitrogens with one attached hydrogen (secondary N) is 1. The van der Waals surface area contributed by atoms with Crippen molar-refractivity contribution < 1.29 is 64.6 Å². The lowest BCUT2D eigenvalue weighted by Crippen LogP contribution is -2.65. The minimum absolute atomic E-state index is 0.253. The largest absolute Gasteiger partial charge is 0.394 e. The topological polar surface area (TPSA) is 228 Å². The zero-order valence-electron chi connectivity index (χ0n) is 52.7. The standard InChI is InChI=1S/C69H127NO13/c1-3-5-7-9-11-13-15-17-19-21-23-25-26-27-28-29-30-31-33-34-36-38-40-42-44-46-48-50-52-58(73)57(56-80-68-66(79)64(77)67(60(55-72)82-68)83-69-65(78)63(76)62(75)59(54-71)81-69)70-61(74)53-51-49-47-45-43-41-39-37-35-32-24-22-20-18-16-14-12-10-8-6-4-2/h22,24,34,36,42,44,50,52,57-60,62-69,71-73,75-79H,3-21,23,25-33,35,37-41,43,45-49,51,53-56H2,1-2H3,(H,70,74)/b24-22-,36-34+,44-42+,52-50+. The minimum atomic E-state index is -1.79. The molecule has 486 valence electrons. The van der Waals surface area contributed by atoms with Crippen molar-refractivity contribution in [2.45, 2.75) is 364 Å². The van der Waals surface area contributed by atoms with Crippen LogP contribution < -0.4 is 5.32 Å². The summed E-state index contributed by atoms with van der Waals surface area (Å²) >= 11 is 0. The number of amides is 1. The summed E-state index contributed by atoms with van der Waals surface area (Å²) in [6.45, 7) is 2.81. The molecule has 0 aromatic carbocycles. The van der Waals surface area contributed by atoms with E-state index < -0.39 is 86.8 Å². The van der Waals surface area contributed by atoms with Gasteiger partial charge < -0.3 is 65.1 Å². The summed E-state index contributed by atoms with van der Waals surface area (Å²) < 4.78 is 22.8. The van der Waals surface area contributed by atoms with Gasteiger partial charge in [-0.3, -0.25) is 4.79 Å². The van der Waals surface area contributed by atoms with E-state index in [1.165, 1.54) is 212 Å². The molecule has 0 spiro atoms. The molecule has 12 atom stereocenters. The Hall–Kier alpha value is -2.05. The maximum atomic E-state index is 13.3. The molecular weight excluding hydrogens is 1050 g/mol. The van der Waals surface area contributed by atoms with Gasteiger partial charge in [-0.15, -0.1) is 0 Å². The predicted molar refractivity (Wildman–Crippen MR) is 337 cm³/mol. The first-order valence-electron chi connectivity index (χ1n) is 34.4. The van der Waals surface area contributed by atoms with Crippen molar-refractivity contribution in [2.24, 2.45) is 0 Å². The van der Waals surface area contributed by atoms with Gasteiger partial charge in [-0.1, -0.05) is 262 Å². The highest BCUT2D eigenvalue weighted by atomic mass is 16.7. The maximum absolute atomic E-state index is 13.3. The Morgan fingerprint density at radius 3 is 1.18 bits per heavy atom. The van der Waals surface area contributed by atoms with E-state index in [2.05, 4.69) is 55.6 Å². The smallest absolute Gasteiger partial charge is 0.220 e. The number of allylic oxidation sites excluding steroid dienone is 7. The van der Waals surface area contributed by atoms with Crippen LogP contribution in [-0.2, 0) is 23.7 Å². The van der Waals surface area contributed by atoms with Crippen molar-refractivity contribution in [3.63, 3.8) is 0 Å². The fraction of sp³-hybridized carbons (Fsp3) is 0.870. The van der Waals surface area contributed by atoms with Crippen LogP contribution in [0.2, 0.25) is 0 Å². The van der Waals surface area contributed by atoms with E-state index >= 15 is 0 Å². The summed E-state index contributed by atoms with van der Waals surface area (Å²) in [5.74, 6) is -0.253. The van der Waals surface area contributed by atoms with E-state index in [1.54, 1.807) is 6.08 Å².